The first-order valence-electron chi connectivity index (χ1n) is 8.34. The molecule has 5 atom stereocenters. The lowest BCUT2D eigenvalue weighted by molar-refractivity contribution is 0.0568. The van der Waals surface area contributed by atoms with E-state index in [1.54, 1.807) is 12.1 Å². The predicted octanol–water partition coefficient (Wildman–Crippen LogP) is 5.96. The van der Waals surface area contributed by atoms with E-state index in [1.165, 1.54) is 5.57 Å². The zero-order chi connectivity index (χ0) is 15.5. The van der Waals surface area contributed by atoms with Crippen LogP contribution in [0.2, 0.25) is 0 Å². The summed E-state index contributed by atoms with van der Waals surface area (Å²) in [6, 6.07) is 5.34. The summed E-state index contributed by atoms with van der Waals surface area (Å²) in [6.45, 7) is 6.63. The lowest BCUT2D eigenvalue weighted by atomic mass is 9.55. The summed E-state index contributed by atoms with van der Waals surface area (Å²) in [5, 5.41) is 2.96. The fourth-order valence-corrected chi connectivity index (χ4v) is 5.50. The molecule has 3 heteroatoms. The van der Waals surface area contributed by atoms with Crippen molar-refractivity contribution in [3.05, 3.63) is 46.4 Å². The molecule has 0 aromatic heterocycles. The number of allylic oxidation sites excluding steroid dienone is 1. The van der Waals surface area contributed by atoms with E-state index in [-0.39, 0.29) is 5.41 Å². The minimum atomic E-state index is -0.964. The summed E-state index contributed by atoms with van der Waals surface area (Å²) >= 11 is 0. The van der Waals surface area contributed by atoms with Gasteiger partial charge in [-0.2, -0.15) is 0 Å². The van der Waals surface area contributed by atoms with E-state index in [1.807, 2.05) is 6.07 Å². The van der Waals surface area contributed by atoms with Crippen LogP contribution in [0.25, 0.3) is 0 Å². The fraction of sp³-hybridized carbons (Fsp3) is 0.579. The van der Waals surface area contributed by atoms with Crippen LogP contribution in [0.1, 0.15) is 62.2 Å². The van der Waals surface area contributed by atoms with Crippen molar-refractivity contribution in [2.75, 3.05) is 0 Å². The second-order valence-electron chi connectivity index (χ2n) is 7.58. The van der Waals surface area contributed by atoms with Gasteiger partial charge in [0.25, 0.3) is 0 Å². The number of hydrogen-bond acceptors (Lipinski definition) is 2. The summed E-state index contributed by atoms with van der Waals surface area (Å²) in [5.41, 5.74) is 3.75. The number of fused-ring (bicyclic) bond motifs is 5. The Bertz CT molecular complexity index is 655. The van der Waals surface area contributed by atoms with Gasteiger partial charge in [0.15, 0.2) is 0 Å². The van der Waals surface area contributed by atoms with Crippen LogP contribution < -0.4 is 0 Å². The number of alkyl halides is 1. The van der Waals surface area contributed by atoms with Crippen LogP contribution >= 0.6 is 0 Å². The van der Waals surface area contributed by atoms with Gasteiger partial charge in [-0.15, -0.1) is 4.91 Å². The Labute approximate surface area is 130 Å². The van der Waals surface area contributed by atoms with Crippen LogP contribution in [0.4, 0.5) is 10.1 Å². The molecule has 22 heavy (non-hydrogen) atoms. The monoisotopic (exact) mass is 299 g/mol. The first-order valence-corrected chi connectivity index (χ1v) is 8.34. The first kappa shape index (κ1) is 14.1. The van der Waals surface area contributed by atoms with E-state index in [2.05, 4.69) is 18.7 Å². The number of halogens is 1. The van der Waals surface area contributed by atoms with Gasteiger partial charge in [-0.1, -0.05) is 25.1 Å². The molecule has 3 aliphatic carbocycles. The zero-order valence-corrected chi connectivity index (χ0v) is 13.0. The highest BCUT2D eigenvalue weighted by atomic mass is 19.1. The summed E-state index contributed by atoms with van der Waals surface area (Å²) < 4.78 is 14.8. The molecule has 116 valence electrons. The van der Waals surface area contributed by atoms with Crippen molar-refractivity contribution in [1.29, 1.82) is 0 Å². The third-order valence-electron chi connectivity index (χ3n) is 6.78. The molecule has 0 radical (unpaired) electrons. The van der Waals surface area contributed by atoms with Crippen LogP contribution in [-0.4, -0.2) is 0 Å². The van der Waals surface area contributed by atoms with Crippen LogP contribution in [0.15, 0.2) is 35.5 Å². The van der Waals surface area contributed by atoms with Gasteiger partial charge in [0.1, 0.15) is 11.9 Å². The van der Waals surface area contributed by atoms with Crippen molar-refractivity contribution < 1.29 is 4.39 Å². The maximum absolute atomic E-state index is 14.8. The largest absolute Gasteiger partial charge is 0.242 e. The lowest BCUT2D eigenvalue weighted by Crippen LogP contribution is -2.40. The molecule has 0 N–H and O–H groups in total. The SMILES string of the molecule is C=C1CCC2C3CC(F)c4cc(N=O)ccc4C3CCC12C. The molecule has 1 aromatic rings. The average Bonchev–Trinajstić information content (AvgIpc) is 2.83. The van der Waals surface area contributed by atoms with Crippen molar-refractivity contribution in [2.45, 2.75) is 51.1 Å². The number of hydrogen-bond donors (Lipinski definition) is 0. The molecule has 0 spiro atoms. The Morgan fingerprint density at radius 1 is 1.32 bits per heavy atom. The lowest BCUT2D eigenvalue weighted by Gasteiger charge is -2.50. The second kappa shape index (κ2) is 4.74. The van der Waals surface area contributed by atoms with Crippen LogP contribution in [0.3, 0.4) is 0 Å². The standard InChI is InChI=1S/C19H22FNO/c1-11-3-6-17-15-10-18(20)16-9-12(21-22)4-5-13(16)14(15)7-8-19(11,17)2/h4-5,9,14-15,17-18H,1,3,6-8,10H2,2H3. The first-order chi connectivity index (χ1) is 10.5. The minimum absolute atomic E-state index is 0.211. The van der Waals surface area contributed by atoms with Crippen molar-refractivity contribution in [2.24, 2.45) is 22.4 Å². The van der Waals surface area contributed by atoms with Gasteiger partial charge >= 0.3 is 0 Å². The Morgan fingerprint density at radius 2 is 2.14 bits per heavy atom. The topological polar surface area (TPSA) is 29.4 Å². The second-order valence-corrected chi connectivity index (χ2v) is 7.58. The Hall–Kier alpha value is -1.51. The highest BCUT2D eigenvalue weighted by Crippen LogP contribution is 2.63. The molecule has 0 heterocycles. The normalized spacial score (nSPS) is 39.8. The Kier molecular flexibility index (Phi) is 3.04. The van der Waals surface area contributed by atoms with Crippen molar-refractivity contribution in [3.63, 3.8) is 0 Å². The molecule has 2 saturated carbocycles. The van der Waals surface area contributed by atoms with E-state index >= 15 is 0 Å². The van der Waals surface area contributed by atoms with Crippen LogP contribution in [-0.2, 0) is 0 Å². The molecular weight excluding hydrogens is 277 g/mol. The van der Waals surface area contributed by atoms with Crippen LogP contribution in [0, 0.1) is 22.2 Å². The van der Waals surface area contributed by atoms with Gasteiger partial charge in [0.2, 0.25) is 0 Å². The number of benzene rings is 1. The molecule has 0 saturated heterocycles. The average molecular weight is 299 g/mol. The van der Waals surface area contributed by atoms with Crippen LogP contribution in [0.5, 0.6) is 0 Å². The van der Waals surface area contributed by atoms with Crippen molar-refractivity contribution in [1.82, 2.24) is 0 Å². The zero-order valence-electron chi connectivity index (χ0n) is 13.0. The van der Waals surface area contributed by atoms with E-state index in [9.17, 15) is 9.30 Å². The smallest absolute Gasteiger partial charge is 0.126 e. The van der Waals surface area contributed by atoms with Gasteiger partial charge in [-0.25, -0.2) is 4.39 Å². The summed E-state index contributed by atoms with van der Waals surface area (Å²) in [6.07, 6.45) is 4.14. The van der Waals surface area contributed by atoms with Gasteiger partial charge < -0.3 is 0 Å². The number of nitroso groups, excluding NO2 is 1. The molecule has 1 aromatic carbocycles. The van der Waals surface area contributed by atoms with Gasteiger partial charge in [0.05, 0.1) is 0 Å². The highest BCUT2D eigenvalue weighted by molar-refractivity contribution is 5.48. The predicted molar refractivity (Wildman–Crippen MR) is 85.8 cm³/mol. The van der Waals surface area contributed by atoms with E-state index in [0.717, 1.165) is 31.2 Å². The number of nitrogens with zero attached hydrogens (tertiary/aromatic N) is 1. The Morgan fingerprint density at radius 3 is 2.91 bits per heavy atom. The molecule has 5 unspecified atom stereocenters. The summed E-state index contributed by atoms with van der Waals surface area (Å²) in [4.78, 5) is 10.7. The number of rotatable bonds is 1. The molecule has 2 nitrogen and oxygen atoms in total. The maximum atomic E-state index is 14.8. The van der Waals surface area contributed by atoms with Crippen molar-refractivity contribution >= 4 is 5.69 Å². The third-order valence-corrected chi connectivity index (χ3v) is 6.78. The minimum Gasteiger partial charge on any atom is -0.242 e. The molecule has 0 bridgehead atoms. The van der Waals surface area contributed by atoms with E-state index < -0.39 is 6.17 Å². The summed E-state index contributed by atoms with van der Waals surface area (Å²) in [5.74, 6) is 1.41. The van der Waals surface area contributed by atoms with E-state index in [4.69, 9.17) is 0 Å². The van der Waals surface area contributed by atoms with E-state index in [0.29, 0.717) is 35.4 Å². The quantitative estimate of drug-likeness (QED) is 0.464. The summed E-state index contributed by atoms with van der Waals surface area (Å²) in [7, 11) is 0. The molecule has 3 aliphatic rings. The molecule has 0 amide bonds. The van der Waals surface area contributed by atoms with Gasteiger partial charge in [-0.05, 0) is 83.7 Å². The van der Waals surface area contributed by atoms with Gasteiger partial charge in [-0.3, -0.25) is 0 Å². The molecule has 2 fully saturated rings. The molecule has 4 rings (SSSR count). The van der Waals surface area contributed by atoms with Crippen molar-refractivity contribution in [3.8, 4) is 0 Å². The molecular formula is C19H22FNO. The van der Waals surface area contributed by atoms with Gasteiger partial charge in [0, 0.05) is 0 Å². The highest BCUT2D eigenvalue weighted by Gasteiger charge is 2.53. The molecule has 0 aliphatic heterocycles. The maximum Gasteiger partial charge on any atom is 0.126 e. The third kappa shape index (κ3) is 1.77. The fourth-order valence-electron chi connectivity index (χ4n) is 5.50. The Balaban J connectivity index is 1.76.